The van der Waals surface area contributed by atoms with Gasteiger partial charge in [0.1, 0.15) is 0 Å². The van der Waals surface area contributed by atoms with Gasteiger partial charge in [0, 0.05) is 12.5 Å². The zero-order chi connectivity index (χ0) is 10.2. The first-order valence-electron chi connectivity index (χ1n) is 5.72. The molecular formula is C11H21NO2. The number of nitrogens with one attached hydrogen (secondary N) is 1. The van der Waals surface area contributed by atoms with E-state index in [1.807, 2.05) is 6.92 Å². The smallest absolute Gasteiger partial charge is 0.305 e. The summed E-state index contributed by atoms with van der Waals surface area (Å²) in [6.07, 6.45) is 6.51. The molecule has 14 heavy (non-hydrogen) atoms. The van der Waals surface area contributed by atoms with E-state index in [1.54, 1.807) is 0 Å². The van der Waals surface area contributed by atoms with Gasteiger partial charge >= 0.3 is 5.97 Å². The summed E-state index contributed by atoms with van der Waals surface area (Å²) in [6, 6.07) is 0.706. The van der Waals surface area contributed by atoms with Crippen molar-refractivity contribution in [1.82, 2.24) is 5.32 Å². The minimum absolute atomic E-state index is 0.0492. The fraction of sp³-hybridized carbons (Fsp3) is 0.909. The first-order valence-corrected chi connectivity index (χ1v) is 5.72. The molecule has 0 bridgehead atoms. The summed E-state index contributed by atoms with van der Waals surface area (Å²) in [4.78, 5) is 11.0. The molecule has 1 aliphatic heterocycles. The Morgan fingerprint density at radius 2 is 2.36 bits per heavy atom. The van der Waals surface area contributed by atoms with Crippen molar-refractivity contribution < 1.29 is 9.53 Å². The molecule has 0 radical (unpaired) electrons. The lowest BCUT2D eigenvalue weighted by Crippen LogP contribution is -2.20. The van der Waals surface area contributed by atoms with E-state index < -0.39 is 0 Å². The number of carbonyl (C=O) groups excluding carboxylic acids is 1. The molecule has 0 aromatic carbocycles. The number of unbranched alkanes of at least 4 members (excludes halogenated alkanes) is 1. The van der Waals surface area contributed by atoms with Gasteiger partial charge in [-0.05, 0) is 39.2 Å². The van der Waals surface area contributed by atoms with Gasteiger partial charge in [-0.2, -0.15) is 0 Å². The number of ether oxygens (including phenoxy) is 1. The fourth-order valence-corrected chi connectivity index (χ4v) is 1.90. The monoisotopic (exact) mass is 199 g/mol. The zero-order valence-corrected chi connectivity index (χ0v) is 9.05. The molecule has 3 nitrogen and oxygen atoms in total. The van der Waals surface area contributed by atoms with E-state index in [4.69, 9.17) is 4.74 Å². The van der Waals surface area contributed by atoms with Crippen molar-refractivity contribution in [3.05, 3.63) is 0 Å². The average molecular weight is 199 g/mol. The van der Waals surface area contributed by atoms with Crippen LogP contribution in [-0.2, 0) is 9.53 Å². The first-order chi connectivity index (χ1) is 6.83. The highest BCUT2D eigenvalue weighted by Gasteiger charge is 2.13. The summed E-state index contributed by atoms with van der Waals surface area (Å²) < 4.78 is 4.86. The summed E-state index contributed by atoms with van der Waals surface area (Å²) in [6.45, 7) is 3.52. The molecule has 1 aliphatic rings. The maximum Gasteiger partial charge on any atom is 0.305 e. The molecule has 0 aromatic heterocycles. The molecule has 0 aliphatic carbocycles. The minimum atomic E-state index is -0.0492. The van der Waals surface area contributed by atoms with Gasteiger partial charge in [-0.15, -0.1) is 0 Å². The SMILES string of the molecule is CCOC(=O)CCCCC1CCCN1. The molecule has 0 spiro atoms. The van der Waals surface area contributed by atoms with Gasteiger partial charge in [0.05, 0.1) is 6.61 Å². The Morgan fingerprint density at radius 3 is 3.00 bits per heavy atom. The number of hydrogen-bond donors (Lipinski definition) is 1. The standard InChI is InChI=1S/C11H21NO2/c1-2-14-11(13)8-4-3-6-10-7-5-9-12-10/h10,12H,2-9H2,1H3. The van der Waals surface area contributed by atoms with E-state index in [0.717, 1.165) is 12.8 Å². The highest BCUT2D eigenvalue weighted by atomic mass is 16.5. The Balaban J connectivity index is 1.90. The van der Waals surface area contributed by atoms with Crippen LogP contribution < -0.4 is 5.32 Å². The van der Waals surface area contributed by atoms with Crippen LogP contribution >= 0.6 is 0 Å². The summed E-state index contributed by atoms with van der Waals surface area (Å²) in [7, 11) is 0. The maximum absolute atomic E-state index is 11.0. The summed E-state index contributed by atoms with van der Waals surface area (Å²) in [5.74, 6) is -0.0492. The van der Waals surface area contributed by atoms with Crippen LogP contribution in [0.1, 0.15) is 45.4 Å². The topological polar surface area (TPSA) is 38.3 Å². The molecule has 82 valence electrons. The van der Waals surface area contributed by atoms with Crippen LogP contribution in [0.4, 0.5) is 0 Å². The van der Waals surface area contributed by atoms with Crippen LogP contribution in [0.3, 0.4) is 0 Å². The summed E-state index contributed by atoms with van der Waals surface area (Å²) >= 11 is 0. The Morgan fingerprint density at radius 1 is 1.50 bits per heavy atom. The van der Waals surface area contributed by atoms with Crippen LogP contribution in [-0.4, -0.2) is 25.2 Å². The van der Waals surface area contributed by atoms with E-state index >= 15 is 0 Å². The molecule has 1 fully saturated rings. The Bertz CT molecular complexity index is 165. The van der Waals surface area contributed by atoms with Gasteiger partial charge in [-0.3, -0.25) is 4.79 Å². The largest absolute Gasteiger partial charge is 0.466 e. The third kappa shape index (κ3) is 4.61. The third-order valence-corrected chi connectivity index (χ3v) is 2.65. The van der Waals surface area contributed by atoms with E-state index in [9.17, 15) is 4.79 Å². The van der Waals surface area contributed by atoms with Gasteiger partial charge in [0.25, 0.3) is 0 Å². The molecule has 1 heterocycles. The lowest BCUT2D eigenvalue weighted by Gasteiger charge is -2.08. The minimum Gasteiger partial charge on any atom is -0.466 e. The van der Waals surface area contributed by atoms with Crippen LogP contribution in [0.2, 0.25) is 0 Å². The fourth-order valence-electron chi connectivity index (χ4n) is 1.90. The number of carbonyl (C=O) groups is 1. The molecular weight excluding hydrogens is 178 g/mol. The molecule has 0 aromatic rings. The average Bonchev–Trinajstić information content (AvgIpc) is 2.65. The molecule has 3 heteroatoms. The van der Waals surface area contributed by atoms with Crippen LogP contribution in [0, 0.1) is 0 Å². The molecule has 1 N–H and O–H groups in total. The van der Waals surface area contributed by atoms with E-state index in [0.29, 0.717) is 19.1 Å². The molecule has 1 atom stereocenters. The van der Waals surface area contributed by atoms with Crippen molar-refractivity contribution in [2.45, 2.75) is 51.5 Å². The van der Waals surface area contributed by atoms with Crippen molar-refractivity contribution in [2.24, 2.45) is 0 Å². The van der Waals surface area contributed by atoms with Crippen molar-refractivity contribution in [2.75, 3.05) is 13.2 Å². The predicted molar refractivity (Wildman–Crippen MR) is 56.1 cm³/mol. The Hall–Kier alpha value is -0.570. The lowest BCUT2D eigenvalue weighted by molar-refractivity contribution is -0.143. The highest BCUT2D eigenvalue weighted by Crippen LogP contribution is 2.12. The summed E-state index contributed by atoms with van der Waals surface area (Å²) in [5.41, 5.74) is 0. The van der Waals surface area contributed by atoms with E-state index in [2.05, 4.69) is 5.32 Å². The first kappa shape index (κ1) is 11.5. The Kier molecular flexibility index (Phi) is 5.60. The van der Waals surface area contributed by atoms with Crippen LogP contribution in [0.5, 0.6) is 0 Å². The van der Waals surface area contributed by atoms with Gasteiger partial charge in [-0.1, -0.05) is 6.42 Å². The predicted octanol–water partition coefficient (Wildman–Crippen LogP) is 1.86. The van der Waals surface area contributed by atoms with Crippen molar-refractivity contribution in [3.63, 3.8) is 0 Å². The van der Waals surface area contributed by atoms with Crippen molar-refractivity contribution in [1.29, 1.82) is 0 Å². The molecule has 1 rings (SSSR count). The number of rotatable bonds is 6. The highest BCUT2D eigenvalue weighted by molar-refractivity contribution is 5.69. The summed E-state index contributed by atoms with van der Waals surface area (Å²) in [5, 5.41) is 3.45. The maximum atomic E-state index is 11.0. The second kappa shape index (κ2) is 6.82. The van der Waals surface area contributed by atoms with Crippen LogP contribution in [0.25, 0.3) is 0 Å². The lowest BCUT2D eigenvalue weighted by atomic mass is 10.1. The van der Waals surface area contributed by atoms with Gasteiger partial charge in [0.15, 0.2) is 0 Å². The molecule has 1 unspecified atom stereocenters. The van der Waals surface area contributed by atoms with E-state index in [1.165, 1.54) is 25.8 Å². The number of esters is 1. The van der Waals surface area contributed by atoms with Gasteiger partial charge < -0.3 is 10.1 Å². The second-order valence-electron chi connectivity index (χ2n) is 3.84. The zero-order valence-electron chi connectivity index (χ0n) is 9.05. The molecule has 0 amide bonds. The quantitative estimate of drug-likeness (QED) is 0.524. The number of hydrogen-bond acceptors (Lipinski definition) is 3. The third-order valence-electron chi connectivity index (χ3n) is 2.65. The van der Waals surface area contributed by atoms with Crippen molar-refractivity contribution >= 4 is 5.97 Å². The molecule has 0 saturated carbocycles. The normalized spacial score (nSPS) is 21.1. The molecule has 1 saturated heterocycles. The van der Waals surface area contributed by atoms with Crippen molar-refractivity contribution in [3.8, 4) is 0 Å². The Labute approximate surface area is 86.2 Å². The van der Waals surface area contributed by atoms with Crippen LogP contribution in [0.15, 0.2) is 0 Å². The van der Waals surface area contributed by atoms with Gasteiger partial charge in [-0.25, -0.2) is 0 Å². The second-order valence-corrected chi connectivity index (χ2v) is 3.84. The van der Waals surface area contributed by atoms with Gasteiger partial charge in [0.2, 0.25) is 0 Å². The van der Waals surface area contributed by atoms with E-state index in [-0.39, 0.29) is 5.97 Å².